The first-order valence-corrected chi connectivity index (χ1v) is 3.40. The van der Waals surface area contributed by atoms with Crippen LogP contribution in [0.2, 0.25) is 0 Å². The molecule has 0 amide bonds. The molecule has 12 heavy (non-hydrogen) atoms. The quantitative estimate of drug-likeness (QED) is 0.461. The molecule has 72 valence electrons. The summed E-state index contributed by atoms with van der Waals surface area (Å²) in [5, 5.41) is 0. The van der Waals surface area contributed by atoms with Gasteiger partial charge in [0.15, 0.2) is 5.96 Å². The van der Waals surface area contributed by atoms with Crippen molar-refractivity contribution < 1.29 is 8.78 Å². The fourth-order valence-electron chi connectivity index (χ4n) is 0.855. The zero-order chi connectivity index (χ0) is 8.48. The molecule has 1 fully saturated rings. The Kier molecular flexibility index (Phi) is 4.15. The van der Waals surface area contributed by atoms with Crippen LogP contribution < -0.4 is 11.5 Å². The number of aliphatic imine (C=N–C) groups is 1. The molecule has 0 aromatic heterocycles. The van der Waals surface area contributed by atoms with E-state index in [0.717, 1.165) is 0 Å². The zero-order valence-corrected chi connectivity index (χ0v) is 8.80. The van der Waals surface area contributed by atoms with Gasteiger partial charge in [-0.15, -0.1) is 24.0 Å². The van der Waals surface area contributed by atoms with Crippen LogP contribution in [0, 0.1) is 5.41 Å². The van der Waals surface area contributed by atoms with Crippen molar-refractivity contribution in [1.82, 2.24) is 0 Å². The van der Waals surface area contributed by atoms with Crippen molar-refractivity contribution in [3.8, 4) is 0 Å². The van der Waals surface area contributed by atoms with Crippen LogP contribution in [0.15, 0.2) is 4.99 Å². The minimum atomic E-state index is -2.30. The Bertz CT molecular complexity index is 176. The van der Waals surface area contributed by atoms with E-state index in [2.05, 4.69) is 4.99 Å². The van der Waals surface area contributed by atoms with Crippen molar-refractivity contribution in [2.45, 2.75) is 19.3 Å². The Morgan fingerprint density at radius 3 is 2.17 bits per heavy atom. The topological polar surface area (TPSA) is 64.4 Å². The van der Waals surface area contributed by atoms with Crippen LogP contribution in [-0.4, -0.2) is 18.9 Å². The molecular weight excluding hydrogens is 279 g/mol. The molecule has 0 aliphatic heterocycles. The normalized spacial score (nSPS) is 18.2. The van der Waals surface area contributed by atoms with Gasteiger partial charge in [-0.05, 0) is 12.8 Å². The van der Waals surface area contributed by atoms with Crippen molar-refractivity contribution in [2.24, 2.45) is 21.9 Å². The highest BCUT2D eigenvalue weighted by atomic mass is 127. The van der Waals surface area contributed by atoms with E-state index in [-0.39, 0.29) is 36.5 Å². The van der Waals surface area contributed by atoms with E-state index in [1.54, 1.807) is 0 Å². The molecule has 0 spiro atoms. The maximum absolute atomic E-state index is 12.2. The maximum Gasteiger partial charge on any atom is 0.245 e. The van der Waals surface area contributed by atoms with E-state index in [0.29, 0.717) is 12.8 Å². The third-order valence-corrected chi connectivity index (χ3v) is 1.93. The van der Waals surface area contributed by atoms with Crippen LogP contribution in [0.25, 0.3) is 0 Å². The van der Waals surface area contributed by atoms with Crippen LogP contribution in [0.3, 0.4) is 0 Å². The number of nitrogens with two attached hydrogens (primary N) is 2. The molecule has 0 radical (unpaired) electrons. The first kappa shape index (κ1) is 11.9. The highest BCUT2D eigenvalue weighted by Gasteiger charge is 2.50. The summed E-state index contributed by atoms with van der Waals surface area (Å²) in [5.41, 5.74) is 9.12. The summed E-state index contributed by atoms with van der Waals surface area (Å²) in [6.45, 7) is 0.0625. The van der Waals surface area contributed by atoms with Crippen LogP contribution in [-0.2, 0) is 0 Å². The molecule has 1 rings (SSSR count). The average Bonchev–Trinajstić information content (AvgIpc) is 2.63. The third kappa shape index (κ3) is 2.72. The molecule has 1 aliphatic rings. The van der Waals surface area contributed by atoms with Crippen molar-refractivity contribution in [1.29, 1.82) is 0 Å². The summed E-state index contributed by atoms with van der Waals surface area (Å²) < 4.78 is 24.3. The molecule has 0 aromatic rings. The third-order valence-electron chi connectivity index (χ3n) is 1.93. The van der Waals surface area contributed by atoms with Crippen molar-refractivity contribution in [2.75, 3.05) is 6.54 Å². The number of guanidine groups is 1. The monoisotopic (exact) mass is 291 g/mol. The lowest BCUT2D eigenvalue weighted by molar-refractivity contribution is 0.0667. The van der Waals surface area contributed by atoms with Crippen LogP contribution in [0.5, 0.6) is 0 Å². The van der Waals surface area contributed by atoms with E-state index in [9.17, 15) is 8.78 Å². The van der Waals surface area contributed by atoms with Gasteiger partial charge in [0.25, 0.3) is 0 Å². The highest BCUT2D eigenvalue weighted by molar-refractivity contribution is 14.0. The number of rotatable bonds is 3. The molecule has 0 heterocycles. The van der Waals surface area contributed by atoms with Gasteiger partial charge in [-0.2, -0.15) is 0 Å². The van der Waals surface area contributed by atoms with Gasteiger partial charge in [0.05, 0.1) is 12.0 Å². The lowest BCUT2D eigenvalue weighted by atomic mass is 10.1. The SMILES string of the molecule is I.NC(N)=NCC1(C(F)F)CC1. The summed E-state index contributed by atoms with van der Waals surface area (Å²) in [6, 6.07) is 0. The van der Waals surface area contributed by atoms with Crippen molar-refractivity contribution in [3.63, 3.8) is 0 Å². The molecule has 6 heteroatoms. The van der Waals surface area contributed by atoms with Gasteiger partial charge in [-0.25, -0.2) is 8.78 Å². The summed E-state index contributed by atoms with van der Waals surface area (Å²) in [7, 11) is 0. The highest BCUT2D eigenvalue weighted by Crippen LogP contribution is 2.50. The summed E-state index contributed by atoms with van der Waals surface area (Å²) in [6.07, 6.45) is -1.24. The molecule has 1 saturated carbocycles. The second-order valence-corrected chi connectivity index (χ2v) is 2.90. The van der Waals surface area contributed by atoms with Gasteiger partial charge in [0, 0.05) is 0 Å². The molecule has 1 aliphatic carbocycles. The molecule has 0 aromatic carbocycles. The van der Waals surface area contributed by atoms with E-state index in [1.165, 1.54) is 0 Å². The fraction of sp³-hybridized carbons (Fsp3) is 0.833. The second kappa shape index (κ2) is 4.20. The molecule has 0 saturated heterocycles. The Hall–Kier alpha value is -0.140. The van der Waals surface area contributed by atoms with E-state index < -0.39 is 11.8 Å². The predicted octanol–water partition coefficient (Wildman–Crippen LogP) is 0.923. The summed E-state index contributed by atoms with van der Waals surface area (Å²) >= 11 is 0. The Balaban J connectivity index is 0.00000121. The van der Waals surface area contributed by atoms with E-state index >= 15 is 0 Å². The first-order valence-electron chi connectivity index (χ1n) is 3.40. The minimum Gasteiger partial charge on any atom is -0.370 e. The molecule has 3 nitrogen and oxygen atoms in total. The van der Waals surface area contributed by atoms with Crippen LogP contribution >= 0.6 is 24.0 Å². The largest absolute Gasteiger partial charge is 0.370 e. The minimum absolute atomic E-state index is 0. The van der Waals surface area contributed by atoms with Gasteiger partial charge in [-0.3, -0.25) is 4.99 Å². The number of hydrogen-bond acceptors (Lipinski definition) is 1. The summed E-state index contributed by atoms with van der Waals surface area (Å²) in [5.74, 6) is -0.114. The Morgan fingerprint density at radius 2 is 1.92 bits per heavy atom. The first-order chi connectivity index (χ1) is 5.07. The number of nitrogens with zero attached hydrogens (tertiary/aromatic N) is 1. The molecular formula is C6H12F2IN3. The Labute approximate surface area is 86.6 Å². The predicted molar refractivity (Wildman–Crippen MR) is 53.8 cm³/mol. The molecule has 4 N–H and O–H groups in total. The molecule has 0 bridgehead atoms. The van der Waals surface area contributed by atoms with Crippen LogP contribution in [0.1, 0.15) is 12.8 Å². The lowest BCUT2D eigenvalue weighted by Gasteiger charge is -2.09. The number of hydrogen-bond donors (Lipinski definition) is 2. The van der Waals surface area contributed by atoms with Gasteiger partial charge in [0.1, 0.15) is 0 Å². The van der Waals surface area contributed by atoms with E-state index in [1.807, 2.05) is 0 Å². The smallest absolute Gasteiger partial charge is 0.245 e. The van der Waals surface area contributed by atoms with Crippen LogP contribution in [0.4, 0.5) is 8.78 Å². The second-order valence-electron chi connectivity index (χ2n) is 2.90. The van der Waals surface area contributed by atoms with Gasteiger partial charge in [-0.1, -0.05) is 0 Å². The van der Waals surface area contributed by atoms with E-state index in [4.69, 9.17) is 11.5 Å². The van der Waals surface area contributed by atoms with Gasteiger partial charge in [0.2, 0.25) is 6.43 Å². The standard InChI is InChI=1S/C6H11F2N3.HI/c7-4(8)6(1-2-6)3-11-5(9)10;/h4H,1-3H2,(H4,9,10,11);1H. The van der Waals surface area contributed by atoms with Gasteiger partial charge < -0.3 is 11.5 Å². The fourth-order valence-corrected chi connectivity index (χ4v) is 0.855. The number of halogens is 3. The number of alkyl halides is 2. The Morgan fingerprint density at radius 1 is 1.42 bits per heavy atom. The average molecular weight is 291 g/mol. The van der Waals surface area contributed by atoms with Crippen molar-refractivity contribution >= 4 is 29.9 Å². The maximum atomic E-state index is 12.2. The zero-order valence-electron chi connectivity index (χ0n) is 6.46. The van der Waals surface area contributed by atoms with Crippen molar-refractivity contribution in [3.05, 3.63) is 0 Å². The molecule has 0 unspecified atom stereocenters. The lowest BCUT2D eigenvalue weighted by Crippen LogP contribution is -2.26. The molecule has 0 atom stereocenters. The summed E-state index contributed by atoms with van der Waals surface area (Å²) in [4.78, 5) is 3.57. The van der Waals surface area contributed by atoms with Gasteiger partial charge >= 0.3 is 0 Å².